The van der Waals surface area contributed by atoms with Gasteiger partial charge in [0.05, 0.1) is 21.3 Å². The zero-order chi connectivity index (χ0) is 26.8. The summed E-state index contributed by atoms with van der Waals surface area (Å²) < 4.78 is 17.0. The van der Waals surface area contributed by atoms with Crippen LogP contribution in [0.1, 0.15) is 0 Å². The second kappa shape index (κ2) is 10.8. The van der Waals surface area contributed by atoms with Crippen molar-refractivity contribution < 1.29 is 14.2 Å². The lowest BCUT2D eigenvalue weighted by Crippen LogP contribution is -2.22. The maximum Gasteiger partial charge on any atom is 0.127 e. The van der Waals surface area contributed by atoms with Crippen molar-refractivity contribution in [2.24, 2.45) is 0 Å². The molecular formula is C35H29O3P. The second-order valence-electron chi connectivity index (χ2n) is 9.28. The number of benzene rings is 6. The molecule has 0 bridgehead atoms. The number of methoxy groups -OCH3 is 3. The maximum atomic E-state index is 6.04. The van der Waals surface area contributed by atoms with Crippen LogP contribution in [0.15, 0.2) is 121 Å². The largest absolute Gasteiger partial charge is 0.497 e. The predicted molar refractivity (Wildman–Crippen MR) is 165 cm³/mol. The van der Waals surface area contributed by atoms with Gasteiger partial charge in [0.25, 0.3) is 0 Å². The zero-order valence-corrected chi connectivity index (χ0v) is 23.1. The molecule has 3 nitrogen and oxygen atoms in total. The first-order valence-electron chi connectivity index (χ1n) is 12.9. The van der Waals surface area contributed by atoms with Crippen molar-refractivity contribution in [2.75, 3.05) is 21.3 Å². The van der Waals surface area contributed by atoms with E-state index in [1.54, 1.807) is 21.3 Å². The molecule has 0 aliphatic carbocycles. The Morgan fingerprint density at radius 3 is 1.44 bits per heavy atom. The minimum atomic E-state index is -0.938. The Morgan fingerprint density at radius 2 is 0.923 bits per heavy atom. The van der Waals surface area contributed by atoms with E-state index < -0.39 is 7.92 Å². The number of hydrogen-bond acceptors (Lipinski definition) is 3. The van der Waals surface area contributed by atoms with Crippen LogP contribution in [0.4, 0.5) is 0 Å². The van der Waals surface area contributed by atoms with Gasteiger partial charge in [0, 0.05) is 11.1 Å². The van der Waals surface area contributed by atoms with Crippen molar-refractivity contribution in [3.63, 3.8) is 0 Å². The van der Waals surface area contributed by atoms with Crippen molar-refractivity contribution >= 4 is 45.4 Å². The summed E-state index contributed by atoms with van der Waals surface area (Å²) in [4.78, 5) is 0. The third kappa shape index (κ3) is 4.60. The van der Waals surface area contributed by atoms with E-state index in [1.165, 1.54) is 43.0 Å². The van der Waals surface area contributed by atoms with E-state index in [2.05, 4.69) is 97.1 Å². The average Bonchev–Trinajstić information content (AvgIpc) is 3.01. The summed E-state index contributed by atoms with van der Waals surface area (Å²) in [5, 5.41) is 8.52. The Hall–Kier alpha value is -4.33. The molecule has 39 heavy (non-hydrogen) atoms. The lowest BCUT2D eigenvalue weighted by Gasteiger charge is -2.25. The lowest BCUT2D eigenvalue weighted by molar-refractivity contribution is 0.415. The summed E-state index contributed by atoms with van der Waals surface area (Å²) in [6.07, 6.45) is 0. The van der Waals surface area contributed by atoms with E-state index in [0.717, 1.165) is 22.8 Å². The summed E-state index contributed by atoms with van der Waals surface area (Å²) in [5.41, 5.74) is 2.33. The number of fused-ring (bicyclic) bond motifs is 2. The molecule has 0 spiro atoms. The first kappa shape index (κ1) is 25.0. The average molecular weight is 529 g/mol. The van der Waals surface area contributed by atoms with Gasteiger partial charge in [0.2, 0.25) is 0 Å². The third-order valence-corrected chi connectivity index (χ3v) is 9.65. The Bertz CT molecular complexity index is 1710. The second-order valence-corrected chi connectivity index (χ2v) is 11.5. The molecule has 0 fully saturated rings. The van der Waals surface area contributed by atoms with Gasteiger partial charge >= 0.3 is 0 Å². The summed E-state index contributed by atoms with van der Waals surface area (Å²) in [7, 11) is 4.23. The van der Waals surface area contributed by atoms with Crippen molar-refractivity contribution in [2.45, 2.75) is 0 Å². The molecule has 6 aromatic carbocycles. The molecule has 0 radical (unpaired) electrons. The fraction of sp³-hybridized carbons (Fsp3) is 0.0857. The van der Waals surface area contributed by atoms with Crippen LogP contribution in [0.5, 0.6) is 17.2 Å². The highest BCUT2D eigenvalue weighted by atomic mass is 31.1. The molecule has 0 atom stereocenters. The highest BCUT2D eigenvalue weighted by Crippen LogP contribution is 2.45. The highest BCUT2D eigenvalue weighted by molar-refractivity contribution is 7.80. The number of rotatable bonds is 7. The summed E-state index contributed by atoms with van der Waals surface area (Å²) in [6.45, 7) is 0. The standard InChI is InChI=1S/C35H29O3P/c1-36-26-14-18-28(19-15-26)39(29-20-16-27(37-2)17-21-29)33-23-13-25-9-5-7-11-31(25)35(33)34-30-10-6-4-8-24(30)12-22-32(34)38-3/h4-23H,1-3H3. The maximum absolute atomic E-state index is 6.04. The Morgan fingerprint density at radius 1 is 0.436 bits per heavy atom. The van der Waals surface area contributed by atoms with Gasteiger partial charge in [0.1, 0.15) is 17.2 Å². The summed E-state index contributed by atoms with van der Waals surface area (Å²) in [5.74, 6) is 2.56. The molecule has 192 valence electrons. The Balaban J connectivity index is 1.72. The first-order valence-corrected chi connectivity index (χ1v) is 14.2. The van der Waals surface area contributed by atoms with Crippen LogP contribution >= 0.6 is 7.92 Å². The minimum Gasteiger partial charge on any atom is -0.497 e. The van der Waals surface area contributed by atoms with Crippen LogP contribution in [-0.2, 0) is 0 Å². The molecule has 0 saturated carbocycles. The lowest BCUT2D eigenvalue weighted by atomic mass is 9.93. The fourth-order valence-electron chi connectivity index (χ4n) is 5.28. The Labute approximate surface area is 230 Å². The van der Waals surface area contributed by atoms with Gasteiger partial charge < -0.3 is 14.2 Å². The Kier molecular flexibility index (Phi) is 6.92. The van der Waals surface area contributed by atoms with E-state index in [0.29, 0.717) is 0 Å². The van der Waals surface area contributed by atoms with Crippen LogP contribution in [0.2, 0.25) is 0 Å². The van der Waals surface area contributed by atoms with Gasteiger partial charge in [-0.15, -0.1) is 0 Å². The molecule has 4 heteroatoms. The third-order valence-electron chi connectivity index (χ3n) is 7.17. The summed E-state index contributed by atoms with van der Waals surface area (Å²) >= 11 is 0. The number of hydrogen-bond donors (Lipinski definition) is 0. The molecule has 0 amide bonds. The molecule has 0 aliphatic heterocycles. The van der Waals surface area contributed by atoms with E-state index in [9.17, 15) is 0 Å². The zero-order valence-electron chi connectivity index (χ0n) is 22.2. The fourth-order valence-corrected chi connectivity index (χ4v) is 7.71. The molecular weight excluding hydrogens is 499 g/mol. The SMILES string of the molecule is COc1ccc(P(c2ccc(OC)cc2)c2ccc3ccccc3c2-c2c(OC)ccc3ccccc23)cc1. The van der Waals surface area contributed by atoms with Crippen LogP contribution in [0, 0.1) is 0 Å². The van der Waals surface area contributed by atoms with Crippen LogP contribution < -0.4 is 30.1 Å². The molecule has 6 aromatic rings. The highest BCUT2D eigenvalue weighted by Gasteiger charge is 2.25. The molecule has 0 unspecified atom stereocenters. The van der Waals surface area contributed by atoms with Gasteiger partial charge in [-0.25, -0.2) is 0 Å². The first-order chi connectivity index (χ1) is 19.2. The molecule has 0 saturated heterocycles. The quantitative estimate of drug-likeness (QED) is 0.202. The van der Waals surface area contributed by atoms with Crippen molar-refractivity contribution in [3.8, 4) is 28.4 Å². The van der Waals surface area contributed by atoms with Crippen molar-refractivity contribution in [3.05, 3.63) is 121 Å². The van der Waals surface area contributed by atoms with Crippen LogP contribution in [0.3, 0.4) is 0 Å². The van der Waals surface area contributed by atoms with E-state index in [4.69, 9.17) is 14.2 Å². The van der Waals surface area contributed by atoms with Crippen molar-refractivity contribution in [1.29, 1.82) is 0 Å². The van der Waals surface area contributed by atoms with Gasteiger partial charge in [-0.3, -0.25) is 0 Å². The van der Waals surface area contributed by atoms with Gasteiger partial charge in [0.15, 0.2) is 0 Å². The normalized spacial score (nSPS) is 11.2. The van der Waals surface area contributed by atoms with E-state index in [-0.39, 0.29) is 0 Å². The monoisotopic (exact) mass is 528 g/mol. The van der Waals surface area contributed by atoms with Gasteiger partial charge in [-0.05, 0) is 75.7 Å². The smallest absolute Gasteiger partial charge is 0.127 e. The minimum absolute atomic E-state index is 0.845. The topological polar surface area (TPSA) is 27.7 Å². The van der Waals surface area contributed by atoms with Gasteiger partial charge in [-0.2, -0.15) is 0 Å². The predicted octanol–water partition coefficient (Wildman–Crippen LogP) is 7.44. The molecule has 0 N–H and O–H groups in total. The molecule has 0 heterocycles. The van der Waals surface area contributed by atoms with E-state index in [1.807, 2.05) is 24.3 Å². The van der Waals surface area contributed by atoms with E-state index >= 15 is 0 Å². The number of ether oxygens (including phenoxy) is 3. The molecule has 0 aliphatic rings. The van der Waals surface area contributed by atoms with Gasteiger partial charge in [-0.1, -0.05) is 91.0 Å². The summed E-state index contributed by atoms with van der Waals surface area (Å²) in [6, 6.07) is 42.9. The van der Waals surface area contributed by atoms with Crippen LogP contribution in [-0.4, -0.2) is 21.3 Å². The molecule has 0 aromatic heterocycles. The van der Waals surface area contributed by atoms with Crippen LogP contribution in [0.25, 0.3) is 32.7 Å². The van der Waals surface area contributed by atoms with Crippen molar-refractivity contribution in [1.82, 2.24) is 0 Å². The molecule has 6 rings (SSSR count).